The molecule has 0 aliphatic rings. The van der Waals surface area contributed by atoms with E-state index in [0.717, 1.165) is 11.1 Å². The fourth-order valence-corrected chi connectivity index (χ4v) is 3.21. The van der Waals surface area contributed by atoms with Crippen LogP contribution in [-0.4, -0.2) is 24.8 Å². The summed E-state index contributed by atoms with van der Waals surface area (Å²) in [4.78, 5) is 0.614. The van der Waals surface area contributed by atoms with E-state index in [4.69, 9.17) is 22.4 Å². The summed E-state index contributed by atoms with van der Waals surface area (Å²) in [5.74, 6) is 0. The molecule has 112 valence electrons. The van der Waals surface area contributed by atoms with Gasteiger partial charge in [0.1, 0.15) is 0 Å². The number of benzene rings is 1. The van der Waals surface area contributed by atoms with Crippen LogP contribution in [0.5, 0.6) is 0 Å². The van der Waals surface area contributed by atoms with Gasteiger partial charge in [-0.25, -0.2) is 8.42 Å². The molecule has 1 aromatic heterocycles. The molecule has 2 rings (SSSR count). The molecular weight excluding hydrogens is 308 g/mol. The fraction of sp³-hybridized carbons (Fsp3) is 0.214. The summed E-state index contributed by atoms with van der Waals surface area (Å²) in [5.41, 5.74) is 7.15. The molecule has 1 aromatic carbocycles. The minimum absolute atomic E-state index is 0.236. The molecule has 0 fully saturated rings. The van der Waals surface area contributed by atoms with Crippen LogP contribution < -0.4 is 5.73 Å². The average Bonchev–Trinajstić information content (AvgIpc) is 2.91. The average molecular weight is 324 g/mol. The number of thiocarbonyl (C=S) groups is 1. The molecule has 0 unspecified atom stereocenters. The van der Waals surface area contributed by atoms with Gasteiger partial charge in [0.15, 0.2) is 0 Å². The first kappa shape index (κ1) is 15.7. The molecule has 0 aliphatic heterocycles. The highest BCUT2D eigenvalue weighted by Crippen LogP contribution is 2.18. The van der Waals surface area contributed by atoms with Crippen molar-refractivity contribution in [1.82, 2.24) is 4.31 Å². The molecule has 0 aliphatic carbocycles. The monoisotopic (exact) mass is 324 g/mol. The molecule has 0 spiro atoms. The van der Waals surface area contributed by atoms with Crippen LogP contribution >= 0.6 is 12.2 Å². The largest absolute Gasteiger partial charge is 0.472 e. The highest BCUT2D eigenvalue weighted by molar-refractivity contribution is 7.89. The van der Waals surface area contributed by atoms with Crippen molar-refractivity contribution in [2.45, 2.75) is 17.9 Å². The van der Waals surface area contributed by atoms with E-state index in [9.17, 15) is 8.42 Å². The third-order valence-corrected chi connectivity index (χ3v) is 4.96. The Morgan fingerprint density at radius 2 is 1.90 bits per heavy atom. The molecule has 21 heavy (non-hydrogen) atoms. The van der Waals surface area contributed by atoms with Gasteiger partial charge in [-0.05, 0) is 23.8 Å². The van der Waals surface area contributed by atoms with Gasteiger partial charge in [0.2, 0.25) is 10.0 Å². The molecule has 0 bridgehead atoms. The van der Waals surface area contributed by atoms with E-state index < -0.39 is 10.0 Å². The third-order valence-electron chi connectivity index (χ3n) is 3.00. The lowest BCUT2D eigenvalue weighted by Crippen LogP contribution is -2.26. The Morgan fingerprint density at radius 3 is 2.43 bits per heavy atom. The number of hydrogen-bond acceptors (Lipinski definition) is 4. The van der Waals surface area contributed by atoms with Gasteiger partial charge in [-0.15, -0.1) is 0 Å². The lowest BCUT2D eigenvalue weighted by Gasteiger charge is -2.16. The van der Waals surface area contributed by atoms with Gasteiger partial charge in [0.05, 0.1) is 22.4 Å². The van der Waals surface area contributed by atoms with Crippen molar-refractivity contribution < 1.29 is 12.8 Å². The first-order valence-corrected chi connectivity index (χ1v) is 8.09. The molecule has 2 aromatic rings. The molecular formula is C14H16N2O3S2. The zero-order valence-corrected chi connectivity index (χ0v) is 13.2. The predicted octanol–water partition coefficient (Wildman–Crippen LogP) is 1.93. The van der Waals surface area contributed by atoms with E-state index in [1.54, 1.807) is 30.3 Å². The molecule has 1 heterocycles. The Hall–Kier alpha value is -1.70. The summed E-state index contributed by atoms with van der Waals surface area (Å²) < 4.78 is 31.1. The molecule has 7 heteroatoms. The van der Waals surface area contributed by atoms with Crippen LogP contribution in [-0.2, 0) is 23.0 Å². The molecule has 0 atom stereocenters. The van der Waals surface area contributed by atoms with E-state index in [1.165, 1.54) is 23.9 Å². The van der Waals surface area contributed by atoms with Crippen molar-refractivity contribution in [2.24, 2.45) is 5.73 Å². The summed E-state index contributed by atoms with van der Waals surface area (Å²) in [5, 5.41) is 0. The minimum atomic E-state index is -3.53. The molecule has 2 N–H and O–H groups in total. The van der Waals surface area contributed by atoms with Gasteiger partial charge in [-0.3, -0.25) is 0 Å². The van der Waals surface area contributed by atoms with Gasteiger partial charge < -0.3 is 10.2 Å². The van der Waals surface area contributed by atoms with Gasteiger partial charge in [-0.1, -0.05) is 24.4 Å². The lowest BCUT2D eigenvalue weighted by molar-refractivity contribution is 0.463. The van der Waals surface area contributed by atoms with Gasteiger partial charge >= 0.3 is 0 Å². The zero-order chi connectivity index (χ0) is 15.5. The number of sulfonamides is 1. The van der Waals surface area contributed by atoms with E-state index in [0.29, 0.717) is 11.4 Å². The predicted molar refractivity (Wildman–Crippen MR) is 84.3 cm³/mol. The summed E-state index contributed by atoms with van der Waals surface area (Å²) in [7, 11) is -2.00. The van der Waals surface area contributed by atoms with Crippen LogP contribution in [0.2, 0.25) is 0 Å². The second-order valence-electron chi connectivity index (χ2n) is 4.68. The Kier molecular flexibility index (Phi) is 4.76. The van der Waals surface area contributed by atoms with Crippen LogP contribution in [0, 0.1) is 0 Å². The smallest absolute Gasteiger partial charge is 0.243 e. The maximum absolute atomic E-state index is 12.4. The van der Waals surface area contributed by atoms with Crippen LogP contribution in [0.25, 0.3) is 0 Å². The maximum Gasteiger partial charge on any atom is 0.243 e. The quantitative estimate of drug-likeness (QED) is 0.822. The highest BCUT2D eigenvalue weighted by atomic mass is 32.2. The van der Waals surface area contributed by atoms with Crippen molar-refractivity contribution in [3.05, 3.63) is 54.0 Å². The van der Waals surface area contributed by atoms with Gasteiger partial charge in [0, 0.05) is 25.6 Å². The summed E-state index contributed by atoms with van der Waals surface area (Å²) in [6.07, 6.45) is 3.50. The van der Waals surface area contributed by atoms with E-state index in [-0.39, 0.29) is 11.4 Å². The molecule has 0 radical (unpaired) electrons. The summed E-state index contributed by atoms with van der Waals surface area (Å²) >= 11 is 4.83. The number of nitrogens with two attached hydrogens (primary N) is 1. The van der Waals surface area contributed by atoms with Crippen molar-refractivity contribution in [2.75, 3.05) is 7.05 Å². The Balaban J connectivity index is 2.16. The maximum atomic E-state index is 12.4. The Morgan fingerprint density at radius 1 is 1.24 bits per heavy atom. The first-order chi connectivity index (χ1) is 9.89. The van der Waals surface area contributed by atoms with Crippen LogP contribution in [0.1, 0.15) is 11.1 Å². The lowest BCUT2D eigenvalue weighted by atomic mass is 10.1. The number of rotatable bonds is 6. The topological polar surface area (TPSA) is 76.5 Å². The van der Waals surface area contributed by atoms with Crippen LogP contribution in [0.4, 0.5) is 0 Å². The van der Waals surface area contributed by atoms with Crippen molar-refractivity contribution in [1.29, 1.82) is 0 Å². The van der Waals surface area contributed by atoms with Gasteiger partial charge in [-0.2, -0.15) is 4.31 Å². The van der Waals surface area contributed by atoms with Crippen molar-refractivity contribution in [3.63, 3.8) is 0 Å². The van der Waals surface area contributed by atoms with Crippen molar-refractivity contribution in [3.8, 4) is 0 Å². The van der Waals surface area contributed by atoms with E-state index in [1.807, 2.05) is 0 Å². The second-order valence-corrected chi connectivity index (χ2v) is 7.25. The zero-order valence-electron chi connectivity index (χ0n) is 11.5. The van der Waals surface area contributed by atoms with Crippen molar-refractivity contribution >= 4 is 27.2 Å². The normalized spacial score (nSPS) is 11.7. The van der Waals surface area contributed by atoms with E-state index >= 15 is 0 Å². The second kappa shape index (κ2) is 6.38. The standard InChI is InChI=1S/C14H16N2O3S2/c1-16(9-12-6-7-19-10-12)21(17,18)13-4-2-11(3-5-13)8-14(15)20/h2-7,10H,8-9H2,1H3,(H2,15,20). The van der Waals surface area contributed by atoms with Gasteiger partial charge in [0.25, 0.3) is 0 Å². The molecule has 5 nitrogen and oxygen atoms in total. The number of furan rings is 1. The summed E-state index contributed by atoms with van der Waals surface area (Å²) in [6.45, 7) is 0.257. The Labute approximate surface area is 129 Å². The van der Waals surface area contributed by atoms with Crippen LogP contribution in [0.3, 0.4) is 0 Å². The molecule has 0 amide bonds. The molecule has 0 saturated carbocycles. The van der Waals surface area contributed by atoms with E-state index in [2.05, 4.69) is 0 Å². The minimum Gasteiger partial charge on any atom is -0.472 e. The SMILES string of the molecule is CN(Cc1ccoc1)S(=O)(=O)c1ccc(CC(N)=S)cc1. The third kappa shape index (κ3) is 3.90. The summed E-state index contributed by atoms with van der Waals surface area (Å²) in [6, 6.07) is 8.30. The van der Waals surface area contributed by atoms with Crippen LogP contribution in [0.15, 0.2) is 52.2 Å². The fourth-order valence-electron chi connectivity index (χ4n) is 1.89. The number of hydrogen-bond donors (Lipinski definition) is 1. The Bertz CT molecular complexity index is 707. The molecule has 0 saturated heterocycles. The highest BCUT2D eigenvalue weighted by Gasteiger charge is 2.21. The number of nitrogens with zero attached hydrogens (tertiary/aromatic N) is 1. The first-order valence-electron chi connectivity index (χ1n) is 6.24.